The number of aromatic nitrogens is 3. The van der Waals surface area contributed by atoms with Gasteiger partial charge in [0.1, 0.15) is 5.52 Å². The molecule has 0 saturated carbocycles. The van der Waals surface area contributed by atoms with E-state index in [0.29, 0.717) is 53.7 Å². The number of benzene rings is 3. The van der Waals surface area contributed by atoms with Gasteiger partial charge in [-0.25, -0.2) is 13.1 Å². The fraction of sp³-hybridized carbons (Fsp3) is 0.208. The molecule has 0 unspecified atom stereocenters. The summed E-state index contributed by atoms with van der Waals surface area (Å²) < 4.78 is 41.2. The Kier molecular flexibility index (Phi) is 6.00. The van der Waals surface area contributed by atoms with Gasteiger partial charge in [-0.3, -0.25) is 9.52 Å². The largest absolute Gasteiger partial charge is 0.490 e. The van der Waals surface area contributed by atoms with Crippen molar-refractivity contribution in [2.75, 3.05) is 23.3 Å². The van der Waals surface area contributed by atoms with Crippen molar-refractivity contribution in [2.45, 2.75) is 24.8 Å². The van der Waals surface area contributed by atoms with Crippen LogP contribution in [0.5, 0.6) is 11.5 Å². The summed E-state index contributed by atoms with van der Waals surface area (Å²) in [6.45, 7) is 3.64. The smallest absolute Gasteiger partial charge is 0.262 e. The van der Waals surface area contributed by atoms with Crippen molar-refractivity contribution in [1.29, 1.82) is 0 Å². The van der Waals surface area contributed by atoms with Crippen LogP contribution in [0.25, 0.3) is 11.0 Å². The lowest BCUT2D eigenvalue weighted by Crippen LogP contribution is -2.14. The number of anilines is 2. The van der Waals surface area contributed by atoms with Gasteiger partial charge in [-0.15, -0.1) is 5.10 Å². The topological polar surface area (TPSA) is 124 Å². The molecule has 180 valence electrons. The van der Waals surface area contributed by atoms with E-state index < -0.39 is 10.0 Å². The van der Waals surface area contributed by atoms with E-state index in [4.69, 9.17) is 9.47 Å². The Morgan fingerprint density at radius 2 is 1.71 bits per heavy atom. The molecule has 1 aromatic heterocycles. The van der Waals surface area contributed by atoms with Crippen molar-refractivity contribution >= 4 is 38.3 Å². The van der Waals surface area contributed by atoms with Gasteiger partial charge in [0, 0.05) is 36.0 Å². The number of fused-ring (bicyclic) bond motifs is 2. The standard InChI is InChI=1S/C24H23N5O5S/c1-2-29-21-10-4-16(14-20(21)26-28-29)24(30)25-17-5-7-18(8-6-17)27-35(31,32)19-9-11-22-23(15-19)34-13-3-12-33-22/h4-11,14-15,27H,2-3,12-13H2,1H3,(H,25,30). The normalized spacial score (nSPS) is 13.3. The molecule has 0 aliphatic carbocycles. The first kappa shape index (κ1) is 22.7. The average molecular weight is 494 g/mol. The molecule has 2 heterocycles. The number of rotatable bonds is 6. The van der Waals surface area contributed by atoms with E-state index in [1.807, 2.05) is 13.0 Å². The van der Waals surface area contributed by atoms with Crippen LogP contribution in [-0.4, -0.2) is 42.5 Å². The highest BCUT2D eigenvalue weighted by molar-refractivity contribution is 7.92. The second kappa shape index (κ2) is 9.26. The third-order valence-corrected chi connectivity index (χ3v) is 6.88. The summed E-state index contributed by atoms with van der Waals surface area (Å²) in [5.41, 5.74) is 2.81. The monoisotopic (exact) mass is 493 g/mol. The van der Waals surface area contributed by atoms with Gasteiger partial charge in [-0.1, -0.05) is 5.21 Å². The molecule has 0 bridgehead atoms. The fourth-order valence-electron chi connectivity index (χ4n) is 3.70. The molecule has 35 heavy (non-hydrogen) atoms. The van der Waals surface area contributed by atoms with E-state index >= 15 is 0 Å². The summed E-state index contributed by atoms with van der Waals surface area (Å²) in [4.78, 5) is 12.7. The molecule has 0 saturated heterocycles. The number of ether oxygens (including phenoxy) is 2. The first-order valence-electron chi connectivity index (χ1n) is 11.1. The summed E-state index contributed by atoms with van der Waals surface area (Å²) in [7, 11) is -3.85. The van der Waals surface area contributed by atoms with Gasteiger partial charge in [0.15, 0.2) is 11.5 Å². The molecule has 0 radical (unpaired) electrons. The molecule has 0 spiro atoms. The number of amides is 1. The fourth-order valence-corrected chi connectivity index (χ4v) is 4.77. The molecule has 3 aromatic carbocycles. The number of aryl methyl sites for hydroxylation is 1. The van der Waals surface area contributed by atoms with Gasteiger partial charge >= 0.3 is 0 Å². The van der Waals surface area contributed by atoms with Gasteiger partial charge in [-0.05, 0) is 61.5 Å². The molecule has 1 aliphatic heterocycles. The second-order valence-electron chi connectivity index (χ2n) is 7.90. The van der Waals surface area contributed by atoms with Crippen LogP contribution in [0.2, 0.25) is 0 Å². The number of carbonyl (C=O) groups excluding carboxylic acids is 1. The molecule has 11 heteroatoms. The van der Waals surface area contributed by atoms with Crippen molar-refractivity contribution in [1.82, 2.24) is 15.0 Å². The maximum absolute atomic E-state index is 12.9. The van der Waals surface area contributed by atoms with Gasteiger partial charge in [0.2, 0.25) is 0 Å². The van der Waals surface area contributed by atoms with Crippen LogP contribution in [0.1, 0.15) is 23.7 Å². The minimum absolute atomic E-state index is 0.0644. The molecule has 0 atom stereocenters. The molecular weight excluding hydrogens is 470 g/mol. The van der Waals surface area contributed by atoms with Gasteiger partial charge < -0.3 is 14.8 Å². The minimum Gasteiger partial charge on any atom is -0.490 e. The van der Waals surface area contributed by atoms with E-state index in [9.17, 15) is 13.2 Å². The molecule has 2 N–H and O–H groups in total. The Morgan fingerprint density at radius 3 is 2.49 bits per heavy atom. The molecule has 10 nitrogen and oxygen atoms in total. The van der Waals surface area contributed by atoms with Gasteiger partial charge in [0.05, 0.1) is 23.6 Å². The summed E-state index contributed by atoms with van der Waals surface area (Å²) >= 11 is 0. The highest BCUT2D eigenvalue weighted by Crippen LogP contribution is 2.32. The number of hydrogen-bond acceptors (Lipinski definition) is 7. The lowest BCUT2D eigenvalue weighted by atomic mass is 10.1. The third kappa shape index (κ3) is 4.76. The zero-order valence-electron chi connectivity index (χ0n) is 18.9. The summed E-state index contributed by atoms with van der Waals surface area (Å²) in [5, 5.41) is 10.9. The lowest BCUT2D eigenvalue weighted by molar-refractivity contribution is 0.102. The van der Waals surface area contributed by atoms with Crippen molar-refractivity contribution in [2.24, 2.45) is 0 Å². The maximum atomic E-state index is 12.9. The lowest BCUT2D eigenvalue weighted by Gasteiger charge is -2.12. The molecule has 1 aliphatic rings. The van der Waals surface area contributed by atoms with Crippen molar-refractivity contribution in [3.8, 4) is 11.5 Å². The number of nitrogens with one attached hydrogen (secondary N) is 2. The van der Waals surface area contributed by atoms with Crippen LogP contribution in [0.3, 0.4) is 0 Å². The number of nitrogens with zero attached hydrogens (tertiary/aromatic N) is 3. The van der Waals surface area contributed by atoms with Crippen LogP contribution in [0.15, 0.2) is 65.6 Å². The summed E-state index contributed by atoms with van der Waals surface area (Å²) in [6, 6.07) is 16.1. The molecule has 5 rings (SSSR count). The van der Waals surface area contributed by atoms with Crippen LogP contribution in [0, 0.1) is 0 Å². The Balaban J connectivity index is 1.27. The van der Waals surface area contributed by atoms with Crippen molar-refractivity contribution < 1.29 is 22.7 Å². The Hall–Kier alpha value is -4.12. The Labute approximate surface area is 201 Å². The maximum Gasteiger partial charge on any atom is 0.262 e. The average Bonchev–Trinajstić information content (AvgIpc) is 3.12. The molecular formula is C24H23N5O5S. The third-order valence-electron chi connectivity index (χ3n) is 5.50. The quantitative estimate of drug-likeness (QED) is 0.420. The van der Waals surface area contributed by atoms with E-state index in [2.05, 4.69) is 20.4 Å². The van der Waals surface area contributed by atoms with Crippen molar-refractivity contribution in [3.63, 3.8) is 0 Å². The van der Waals surface area contributed by atoms with E-state index in [1.54, 1.807) is 47.1 Å². The van der Waals surface area contributed by atoms with Gasteiger partial charge in [-0.2, -0.15) is 0 Å². The van der Waals surface area contributed by atoms with Crippen LogP contribution in [-0.2, 0) is 16.6 Å². The Bertz CT molecular complexity index is 1500. The summed E-state index contributed by atoms with van der Waals surface area (Å²) in [6.07, 6.45) is 0.729. The van der Waals surface area contributed by atoms with Crippen LogP contribution >= 0.6 is 0 Å². The number of hydrogen-bond donors (Lipinski definition) is 2. The van der Waals surface area contributed by atoms with E-state index in [1.165, 1.54) is 12.1 Å². The highest BCUT2D eigenvalue weighted by atomic mass is 32.2. The molecule has 4 aromatic rings. The van der Waals surface area contributed by atoms with Crippen molar-refractivity contribution in [3.05, 3.63) is 66.2 Å². The predicted octanol–water partition coefficient (Wildman–Crippen LogP) is 3.67. The zero-order valence-corrected chi connectivity index (χ0v) is 19.7. The number of sulfonamides is 1. The second-order valence-corrected chi connectivity index (χ2v) is 9.59. The zero-order chi connectivity index (χ0) is 24.4. The number of carbonyl (C=O) groups is 1. The highest BCUT2D eigenvalue weighted by Gasteiger charge is 2.19. The molecule has 0 fully saturated rings. The van der Waals surface area contributed by atoms with Gasteiger partial charge in [0.25, 0.3) is 15.9 Å². The van der Waals surface area contributed by atoms with Crippen LogP contribution < -0.4 is 19.5 Å². The van der Waals surface area contributed by atoms with E-state index in [-0.39, 0.29) is 10.8 Å². The minimum atomic E-state index is -3.85. The Morgan fingerprint density at radius 1 is 0.971 bits per heavy atom. The predicted molar refractivity (Wildman–Crippen MR) is 130 cm³/mol. The molecule has 1 amide bonds. The van der Waals surface area contributed by atoms with Crippen LogP contribution in [0.4, 0.5) is 11.4 Å². The summed E-state index contributed by atoms with van der Waals surface area (Å²) in [5.74, 6) is 0.619. The first-order chi connectivity index (χ1) is 16.9. The SMILES string of the molecule is CCn1nnc2cc(C(=O)Nc3ccc(NS(=O)(=O)c4ccc5c(c4)OCCCO5)cc3)ccc21. The first-order valence-corrected chi connectivity index (χ1v) is 12.6. The van der Waals surface area contributed by atoms with E-state index in [0.717, 1.165) is 11.9 Å².